The lowest BCUT2D eigenvalue weighted by Gasteiger charge is -2.17. The van der Waals surface area contributed by atoms with Crippen LogP contribution in [-0.4, -0.2) is 29.9 Å². The summed E-state index contributed by atoms with van der Waals surface area (Å²) in [5.41, 5.74) is 10.1. The molecule has 11 heavy (non-hydrogen) atoms. The third-order valence-corrected chi connectivity index (χ3v) is 1.22. The van der Waals surface area contributed by atoms with E-state index < -0.39 is 5.91 Å². The summed E-state index contributed by atoms with van der Waals surface area (Å²) in [6, 6.07) is 0. The normalized spacial score (nSPS) is 9.27. The van der Waals surface area contributed by atoms with Crippen LogP contribution >= 0.6 is 0 Å². The topological polar surface area (TPSA) is 89.4 Å². The Balaban J connectivity index is 3.94. The molecule has 5 nitrogen and oxygen atoms in total. The number of hydrogen-bond acceptors (Lipinski definition) is 3. The first-order chi connectivity index (χ1) is 5.11. The molecule has 0 heterocycles. The Morgan fingerprint density at radius 1 is 1.45 bits per heavy atom. The van der Waals surface area contributed by atoms with Gasteiger partial charge in [-0.05, 0) is 0 Å². The molecule has 4 N–H and O–H groups in total. The minimum atomic E-state index is -0.544. The summed E-state index contributed by atoms with van der Waals surface area (Å²) in [7, 11) is 0. The number of rotatable bonds is 4. The van der Waals surface area contributed by atoms with Gasteiger partial charge < -0.3 is 16.4 Å². The van der Waals surface area contributed by atoms with Crippen molar-refractivity contribution in [1.29, 1.82) is 0 Å². The monoisotopic (exact) mass is 159 g/mol. The molecule has 0 fully saturated rings. The number of carbonyl (C=O) groups excluding carboxylic acids is 2. The Labute approximate surface area is 65.3 Å². The van der Waals surface area contributed by atoms with E-state index in [0.29, 0.717) is 6.42 Å². The molecule has 5 heteroatoms. The molecule has 0 spiro atoms. The van der Waals surface area contributed by atoms with Crippen LogP contribution in [0.15, 0.2) is 0 Å². The van der Waals surface area contributed by atoms with E-state index in [0.717, 1.165) is 0 Å². The fourth-order valence-electron chi connectivity index (χ4n) is 0.666. The molecule has 0 bridgehead atoms. The summed E-state index contributed by atoms with van der Waals surface area (Å²) in [4.78, 5) is 22.5. The minimum absolute atomic E-state index is 0.0373. The predicted octanol–water partition coefficient (Wildman–Crippen LogP) is -1.37. The Morgan fingerprint density at radius 3 is 2.27 bits per heavy atom. The van der Waals surface area contributed by atoms with Crippen molar-refractivity contribution in [1.82, 2.24) is 4.90 Å². The standard InChI is InChI=1S/C6H13N3O2/c1-2-6(11)9(4-7)3-5(8)10/h2-4,7H2,1H3,(H2,8,10). The maximum Gasteiger partial charge on any atom is 0.237 e. The van der Waals surface area contributed by atoms with Crippen molar-refractivity contribution in [3.8, 4) is 0 Å². The first-order valence-electron chi connectivity index (χ1n) is 3.38. The van der Waals surface area contributed by atoms with E-state index in [2.05, 4.69) is 0 Å². The zero-order valence-electron chi connectivity index (χ0n) is 6.54. The number of nitrogens with zero attached hydrogens (tertiary/aromatic N) is 1. The van der Waals surface area contributed by atoms with Crippen LogP contribution in [0.2, 0.25) is 0 Å². The van der Waals surface area contributed by atoms with Crippen molar-refractivity contribution in [3.05, 3.63) is 0 Å². The number of amides is 2. The van der Waals surface area contributed by atoms with Crippen LogP contribution in [0.4, 0.5) is 0 Å². The fraction of sp³-hybridized carbons (Fsp3) is 0.667. The first-order valence-corrected chi connectivity index (χ1v) is 3.38. The number of carbonyl (C=O) groups is 2. The van der Waals surface area contributed by atoms with E-state index in [1.807, 2.05) is 0 Å². The molecule has 0 radical (unpaired) electrons. The van der Waals surface area contributed by atoms with Crippen LogP contribution in [0.5, 0.6) is 0 Å². The van der Waals surface area contributed by atoms with Gasteiger partial charge in [0.15, 0.2) is 0 Å². The molecule has 0 rings (SSSR count). The second-order valence-electron chi connectivity index (χ2n) is 2.09. The van der Waals surface area contributed by atoms with Crippen molar-refractivity contribution in [2.45, 2.75) is 13.3 Å². The Morgan fingerprint density at radius 2 is 2.00 bits per heavy atom. The maximum atomic E-state index is 10.9. The molecule has 0 aromatic carbocycles. The third-order valence-electron chi connectivity index (χ3n) is 1.22. The molecule has 0 atom stereocenters. The van der Waals surface area contributed by atoms with Crippen molar-refractivity contribution in [2.75, 3.05) is 13.2 Å². The highest BCUT2D eigenvalue weighted by atomic mass is 16.2. The molecule has 0 unspecified atom stereocenters. The number of nitrogens with two attached hydrogens (primary N) is 2. The largest absolute Gasteiger partial charge is 0.368 e. The predicted molar refractivity (Wildman–Crippen MR) is 40.3 cm³/mol. The van der Waals surface area contributed by atoms with E-state index in [4.69, 9.17) is 11.5 Å². The summed E-state index contributed by atoms with van der Waals surface area (Å²) in [6.07, 6.45) is 0.338. The zero-order valence-corrected chi connectivity index (χ0v) is 6.54. The summed E-state index contributed by atoms with van der Waals surface area (Å²) >= 11 is 0. The van der Waals surface area contributed by atoms with Crippen LogP contribution < -0.4 is 11.5 Å². The molecule has 0 aliphatic heterocycles. The highest BCUT2D eigenvalue weighted by molar-refractivity contribution is 5.83. The second kappa shape index (κ2) is 4.68. The molecule has 0 aromatic rings. The lowest BCUT2D eigenvalue weighted by molar-refractivity contribution is -0.134. The highest BCUT2D eigenvalue weighted by Crippen LogP contribution is 1.89. The molecule has 0 saturated heterocycles. The van der Waals surface area contributed by atoms with Gasteiger partial charge in [-0.2, -0.15) is 0 Å². The van der Waals surface area contributed by atoms with Gasteiger partial charge in [0.05, 0.1) is 6.67 Å². The molecule has 0 aliphatic carbocycles. The quantitative estimate of drug-likeness (QED) is 0.496. The van der Waals surface area contributed by atoms with Gasteiger partial charge in [-0.3, -0.25) is 9.59 Å². The lowest BCUT2D eigenvalue weighted by Crippen LogP contribution is -2.41. The van der Waals surface area contributed by atoms with Gasteiger partial charge in [0.1, 0.15) is 6.54 Å². The van der Waals surface area contributed by atoms with Gasteiger partial charge in [0.2, 0.25) is 11.8 Å². The van der Waals surface area contributed by atoms with Gasteiger partial charge in [-0.15, -0.1) is 0 Å². The molecule has 2 amide bonds. The zero-order chi connectivity index (χ0) is 8.85. The van der Waals surface area contributed by atoms with Crippen LogP contribution in [0.25, 0.3) is 0 Å². The average molecular weight is 159 g/mol. The smallest absolute Gasteiger partial charge is 0.237 e. The van der Waals surface area contributed by atoms with Crippen LogP contribution in [0, 0.1) is 0 Å². The van der Waals surface area contributed by atoms with Gasteiger partial charge in [0, 0.05) is 6.42 Å². The second-order valence-corrected chi connectivity index (χ2v) is 2.09. The van der Waals surface area contributed by atoms with E-state index in [1.54, 1.807) is 6.92 Å². The Kier molecular flexibility index (Phi) is 4.21. The van der Waals surface area contributed by atoms with Crippen molar-refractivity contribution in [2.24, 2.45) is 11.5 Å². The average Bonchev–Trinajstić information content (AvgIpc) is 1.98. The number of primary amides is 1. The van der Waals surface area contributed by atoms with E-state index in [1.165, 1.54) is 4.90 Å². The van der Waals surface area contributed by atoms with Crippen molar-refractivity contribution >= 4 is 11.8 Å². The third kappa shape index (κ3) is 3.57. The highest BCUT2D eigenvalue weighted by Gasteiger charge is 2.10. The lowest BCUT2D eigenvalue weighted by atomic mass is 10.4. The first kappa shape index (κ1) is 9.90. The minimum Gasteiger partial charge on any atom is -0.368 e. The Bertz CT molecular complexity index is 158. The van der Waals surface area contributed by atoms with Crippen LogP contribution in [0.1, 0.15) is 13.3 Å². The molecule has 64 valence electrons. The summed E-state index contributed by atoms with van der Waals surface area (Å²) in [5.74, 6) is -0.705. The van der Waals surface area contributed by atoms with Crippen LogP contribution in [-0.2, 0) is 9.59 Å². The van der Waals surface area contributed by atoms with Crippen LogP contribution in [0.3, 0.4) is 0 Å². The van der Waals surface area contributed by atoms with Gasteiger partial charge in [-0.1, -0.05) is 6.92 Å². The summed E-state index contributed by atoms with van der Waals surface area (Å²) < 4.78 is 0. The fourth-order valence-corrected chi connectivity index (χ4v) is 0.666. The van der Waals surface area contributed by atoms with E-state index >= 15 is 0 Å². The molecular weight excluding hydrogens is 146 g/mol. The van der Waals surface area contributed by atoms with Crippen molar-refractivity contribution in [3.63, 3.8) is 0 Å². The summed E-state index contributed by atoms with van der Waals surface area (Å²) in [6.45, 7) is 1.64. The molecule has 0 aromatic heterocycles. The Hall–Kier alpha value is -1.10. The molecule has 0 saturated carbocycles. The maximum absolute atomic E-state index is 10.9. The van der Waals surface area contributed by atoms with E-state index in [9.17, 15) is 9.59 Å². The molecule has 0 aliphatic rings. The van der Waals surface area contributed by atoms with Crippen molar-refractivity contribution < 1.29 is 9.59 Å². The number of hydrogen-bond donors (Lipinski definition) is 2. The SMILES string of the molecule is CCC(=O)N(CN)CC(N)=O. The van der Waals surface area contributed by atoms with Gasteiger partial charge >= 0.3 is 0 Å². The molecular formula is C6H13N3O2. The van der Waals surface area contributed by atoms with Gasteiger partial charge in [0.25, 0.3) is 0 Å². The van der Waals surface area contributed by atoms with E-state index in [-0.39, 0.29) is 19.1 Å². The summed E-state index contributed by atoms with van der Waals surface area (Å²) in [5, 5.41) is 0. The van der Waals surface area contributed by atoms with Gasteiger partial charge in [-0.25, -0.2) is 0 Å².